The van der Waals surface area contributed by atoms with Crippen LogP contribution in [0.3, 0.4) is 0 Å². The van der Waals surface area contributed by atoms with Crippen LogP contribution in [0, 0.1) is 13.8 Å². The van der Waals surface area contributed by atoms with Gasteiger partial charge < -0.3 is 19.9 Å². The van der Waals surface area contributed by atoms with Crippen LogP contribution in [-0.2, 0) is 9.53 Å². The lowest BCUT2D eigenvalue weighted by Gasteiger charge is -2.16. The Morgan fingerprint density at radius 3 is 2.55 bits per heavy atom. The van der Waals surface area contributed by atoms with Gasteiger partial charge in [0.05, 0.1) is 32.3 Å². The summed E-state index contributed by atoms with van der Waals surface area (Å²) in [6, 6.07) is 5.56. The number of para-hydroxylation sites is 1. The topological polar surface area (TPSA) is 67.8 Å². The van der Waals surface area contributed by atoms with Gasteiger partial charge in [-0.05, 0) is 25.0 Å². The maximum Gasteiger partial charge on any atom is 0.223 e. The number of methoxy groups -OCH3 is 1. The van der Waals surface area contributed by atoms with Crippen LogP contribution in [0.4, 0.5) is 0 Å². The van der Waals surface area contributed by atoms with Crippen molar-refractivity contribution in [2.24, 2.45) is 0 Å². The van der Waals surface area contributed by atoms with Gasteiger partial charge in [-0.1, -0.05) is 18.2 Å². The number of carbonyl (C=O) groups excluding carboxylic acids is 1. The van der Waals surface area contributed by atoms with E-state index < -0.39 is 0 Å². The van der Waals surface area contributed by atoms with E-state index in [2.05, 4.69) is 5.32 Å². The van der Waals surface area contributed by atoms with Crippen LogP contribution in [-0.4, -0.2) is 44.0 Å². The Morgan fingerprint density at radius 2 is 2.00 bits per heavy atom. The molecule has 0 aliphatic rings. The zero-order valence-electron chi connectivity index (χ0n) is 12.3. The van der Waals surface area contributed by atoms with Crippen molar-refractivity contribution in [3.8, 4) is 5.75 Å². The second kappa shape index (κ2) is 8.55. The molecule has 20 heavy (non-hydrogen) atoms. The predicted octanol–water partition coefficient (Wildman–Crippen LogP) is 1.20. The molecule has 0 fully saturated rings. The molecule has 0 radical (unpaired) electrons. The van der Waals surface area contributed by atoms with E-state index in [0.717, 1.165) is 16.9 Å². The van der Waals surface area contributed by atoms with Gasteiger partial charge in [0, 0.05) is 7.11 Å². The predicted molar refractivity (Wildman–Crippen MR) is 76.9 cm³/mol. The maximum atomic E-state index is 11.7. The van der Waals surface area contributed by atoms with Gasteiger partial charge in [-0.25, -0.2) is 0 Å². The summed E-state index contributed by atoms with van der Waals surface area (Å²) >= 11 is 0. The van der Waals surface area contributed by atoms with Gasteiger partial charge in [-0.15, -0.1) is 0 Å². The third-order valence-electron chi connectivity index (χ3n) is 2.94. The van der Waals surface area contributed by atoms with Crippen LogP contribution in [0.25, 0.3) is 0 Å². The Balaban J connectivity index is 2.38. The minimum absolute atomic E-state index is 0.142. The lowest BCUT2D eigenvalue weighted by molar-refractivity contribution is -0.123. The Labute approximate surface area is 119 Å². The van der Waals surface area contributed by atoms with Crippen LogP contribution >= 0.6 is 0 Å². The summed E-state index contributed by atoms with van der Waals surface area (Å²) in [5.74, 6) is 0.670. The standard InChI is InChI=1S/C15H23NO4/c1-11-5-4-6-12(2)15(11)20-8-7-14(18)16-13(9-17)10-19-3/h4-6,13,17H,7-10H2,1-3H3,(H,16,18). The summed E-state index contributed by atoms with van der Waals surface area (Å²) in [6.07, 6.45) is 0.244. The molecule has 0 aromatic heterocycles. The molecule has 1 aromatic rings. The van der Waals surface area contributed by atoms with Crippen molar-refractivity contribution >= 4 is 5.91 Å². The number of carbonyl (C=O) groups is 1. The first-order valence-electron chi connectivity index (χ1n) is 6.66. The van der Waals surface area contributed by atoms with Gasteiger partial charge in [0.2, 0.25) is 5.91 Å². The molecule has 2 N–H and O–H groups in total. The third-order valence-corrected chi connectivity index (χ3v) is 2.94. The number of amides is 1. The monoisotopic (exact) mass is 281 g/mol. The average molecular weight is 281 g/mol. The van der Waals surface area contributed by atoms with Crippen molar-refractivity contribution in [1.29, 1.82) is 0 Å². The molecule has 0 aliphatic heterocycles. The van der Waals surface area contributed by atoms with E-state index in [-0.39, 0.29) is 25.0 Å². The highest BCUT2D eigenvalue weighted by molar-refractivity contribution is 5.76. The average Bonchev–Trinajstić information content (AvgIpc) is 2.41. The normalized spacial score (nSPS) is 12.0. The summed E-state index contributed by atoms with van der Waals surface area (Å²) in [7, 11) is 1.53. The molecule has 1 atom stereocenters. The van der Waals surface area contributed by atoms with Crippen LogP contribution in [0.1, 0.15) is 17.5 Å². The number of hydrogen-bond donors (Lipinski definition) is 2. The molecule has 1 unspecified atom stereocenters. The number of aliphatic hydroxyl groups excluding tert-OH is 1. The van der Waals surface area contributed by atoms with E-state index in [1.165, 1.54) is 7.11 Å². The molecule has 0 saturated heterocycles. The van der Waals surface area contributed by atoms with Crippen molar-refractivity contribution in [2.45, 2.75) is 26.3 Å². The molecule has 1 rings (SSSR count). The van der Waals surface area contributed by atoms with Crippen LogP contribution in [0.5, 0.6) is 5.75 Å². The van der Waals surface area contributed by atoms with E-state index in [4.69, 9.17) is 14.6 Å². The summed E-state index contributed by atoms with van der Waals surface area (Å²) in [4.78, 5) is 11.7. The minimum atomic E-state index is -0.368. The third kappa shape index (κ3) is 5.19. The highest BCUT2D eigenvalue weighted by Gasteiger charge is 2.11. The number of ether oxygens (including phenoxy) is 2. The number of hydrogen-bond acceptors (Lipinski definition) is 4. The van der Waals surface area contributed by atoms with Crippen LogP contribution < -0.4 is 10.1 Å². The molecule has 1 amide bonds. The molecule has 0 saturated carbocycles. The van der Waals surface area contributed by atoms with E-state index in [0.29, 0.717) is 13.2 Å². The number of nitrogens with one attached hydrogen (secondary N) is 1. The quantitative estimate of drug-likeness (QED) is 0.751. The number of rotatable bonds is 8. The Kier molecular flexibility index (Phi) is 7.04. The summed E-state index contributed by atoms with van der Waals surface area (Å²) in [5, 5.41) is 11.7. The summed E-state index contributed by atoms with van der Waals surface area (Å²) < 4.78 is 10.6. The van der Waals surface area contributed by atoms with Crippen molar-refractivity contribution in [3.05, 3.63) is 29.3 Å². The molecule has 0 bridgehead atoms. The fourth-order valence-electron chi connectivity index (χ4n) is 1.91. The molecule has 112 valence electrons. The highest BCUT2D eigenvalue weighted by Crippen LogP contribution is 2.22. The highest BCUT2D eigenvalue weighted by atomic mass is 16.5. The first-order chi connectivity index (χ1) is 9.58. The SMILES string of the molecule is COCC(CO)NC(=O)CCOc1c(C)cccc1C. The molecule has 0 aliphatic carbocycles. The molecule has 1 aromatic carbocycles. The summed E-state index contributed by atoms with van der Waals surface area (Å²) in [6.45, 7) is 4.41. The van der Waals surface area contributed by atoms with Crippen molar-refractivity contribution in [1.82, 2.24) is 5.32 Å². The van der Waals surface area contributed by atoms with E-state index in [9.17, 15) is 4.79 Å². The lowest BCUT2D eigenvalue weighted by atomic mass is 10.1. The number of aryl methyl sites for hydroxylation is 2. The van der Waals surface area contributed by atoms with E-state index in [1.807, 2.05) is 32.0 Å². The summed E-state index contributed by atoms with van der Waals surface area (Å²) in [5.41, 5.74) is 2.11. The Bertz CT molecular complexity index is 414. The van der Waals surface area contributed by atoms with Gasteiger partial charge in [-0.2, -0.15) is 0 Å². The lowest BCUT2D eigenvalue weighted by Crippen LogP contribution is -2.41. The van der Waals surface area contributed by atoms with Gasteiger partial charge in [0.1, 0.15) is 5.75 Å². The van der Waals surface area contributed by atoms with Crippen molar-refractivity contribution < 1.29 is 19.4 Å². The van der Waals surface area contributed by atoms with E-state index in [1.54, 1.807) is 0 Å². The fraction of sp³-hybridized carbons (Fsp3) is 0.533. The zero-order valence-corrected chi connectivity index (χ0v) is 12.3. The van der Waals surface area contributed by atoms with Gasteiger partial charge >= 0.3 is 0 Å². The smallest absolute Gasteiger partial charge is 0.223 e. The molecule has 5 nitrogen and oxygen atoms in total. The molecule has 0 spiro atoms. The minimum Gasteiger partial charge on any atom is -0.493 e. The Morgan fingerprint density at radius 1 is 1.35 bits per heavy atom. The van der Waals surface area contributed by atoms with Gasteiger partial charge in [-0.3, -0.25) is 4.79 Å². The second-order valence-corrected chi connectivity index (χ2v) is 4.72. The van der Waals surface area contributed by atoms with Gasteiger partial charge in [0.25, 0.3) is 0 Å². The van der Waals surface area contributed by atoms with Crippen LogP contribution in [0.2, 0.25) is 0 Å². The number of aliphatic hydroxyl groups is 1. The van der Waals surface area contributed by atoms with E-state index >= 15 is 0 Å². The Hall–Kier alpha value is -1.59. The van der Waals surface area contributed by atoms with Gasteiger partial charge in [0.15, 0.2) is 0 Å². The first-order valence-corrected chi connectivity index (χ1v) is 6.66. The maximum absolute atomic E-state index is 11.7. The van der Waals surface area contributed by atoms with Crippen molar-refractivity contribution in [3.63, 3.8) is 0 Å². The molecule has 5 heteroatoms. The second-order valence-electron chi connectivity index (χ2n) is 4.72. The first kappa shape index (κ1) is 16.5. The molecule has 0 heterocycles. The molecular formula is C15H23NO4. The molecular weight excluding hydrogens is 258 g/mol. The van der Waals surface area contributed by atoms with Crippen molar-refractivity contribution in [2.75, 3.05) is 26.9 Å². The van der Waals surface area contributed by atoms with Crippen LogP contribution in [0.15, 0.2) is 18.2 Å². The fourth-order valence-corrected chi connectivity index (χ4v) is 1.91. The zero-order chi connectivity index (χ0) is 15.0. The largest absolute Gasteiger partial charge is 0.493 e. The number of benzene rings is 1.